The van der Waals surface area contributed by atoms with Gasteiger partial charge in [0, 0.05) is 23.8 Å². The molecule has 0 bridgehead atoms. The molecule has 34 heavy (non-hydrogen) atoms. The minimum Gasteiger partial charge on any atom is -0.324 e. The summed E-state index contributed by atoms with van der Waals surface area (Å²) in [4.78, 5) is 42.4. The summed E-state index contributed by atoms with van der Waals surface area (Å²) in [6.45, 7) is 0.312. The van der Waals surface area contributed by atoms with Gasteiger partial charge in [-0.2, -0.15) is 0 Å². The number of amides is 3. The van der Waals surface area contributed by atoms with Crippen LogP contribution >= 0.6 is 0 Å². The number of rotatable bonds is 5. The second-order valence-corrected chi connectivity index (χ2v) is 9.32. The van der Waals surface area contributed by atoms with Gasteiger partial charge in [0.05, 0.1) is 11.8 Å². The number of benzene rings is 3. The molecule has 3 aliphatic heterocycles. The molecule has 0 aromatic heterocycles. The summed E-state index contributed by atoms with van der Waals surface area (Å²) in [7, 11) is 0. The molecular weight excluding hydrogens is 426 g/mol. The minimum atomic E-state index is -1.24. The van der Waals surface area contributed by atoms with Crippen molar-refractivity contribution >= 4 is 23.4 Å². The molecule has 0 saturated carbocycles. The van der Waals surface area contributed by atoms with Crippen LogP contribution in [0, 0.1) is 11.8 Å². The molecule has 3 aromatic carbocycles. The van der Waals surface area contributed by atoms with Crippen molar-refractivity contribution in [3.8, 4) is 0 Å². The van der Waals surface area contributed by atoms with Crippen molar-refractivity contribution in [2.24, 2.45) is 11.8 Å². The van der Waals surface area contributed by atoms with Crippen molar-refractivity contribution in [1.82, 2.24) is 10.2 Å². The van der Waals surface area contributed by atoms with Crippen molar-refractivity contribution in [2.45, 2.75) is 24.4 Å². The van der Waals surface area contributed by atoms with E-state index in [0.717, 1.165) is 16.7 Å². The highest BCUT2D eigenvalue weighted by Gasteiger charge is 2.70. The van der Waals surface area contributed by atoms with Gasteiger partial charge in [0.1, 0.15) is 5.54 Å². The number of fused-ring (bicyclic) bond motifs is 4. The highest BCUT2D eigenvalue weighted by molar-refractivity contribution is 6.15. The third kappa shape index (κ3) is 3.02. The Kier molecular flexibility index (Phi) is 4.85. The monoisotopic (exact) mass is 451 g/mol. The Morgan fingerprint density at radius 3 is 2.15 bits per heavy atom. The molecule has 0 unspecified atom stereocenters. The number of nitrogens with one attached hydrogen (secondary N) is 2. The Balaban J connectivity index is 1.39. The summed E-state index contributed by atoms with van der Waals surface area (Å²) < 4.78 is 0. The molecule has 3 aromatic rings. The average Bonchev–Trinajstić information content (AvgIpc) is 3.44. The lowest BCUT2D eigenvalue weighted by molar-refractivity contribution is -0.142. The van der Waals surface area contributed by atoms with Crippen LogP contribution in [0.1, 0.15) is 16.7 Å². The van der Waals surface area contributed by atoms with Crippen molar-refractivity contribution in [2.75, 3.05) is 11.9 Å². The number of carbonyl (C=O) groups is 3. The van der Waals surface area contributed by atoms with Gasteiger partial charge in [-0.05, 0) is 30.0 Å². The van der Waals surface area contributed by atoms with E-state index in [-0.39, 0.29) is 23.8 Å². The predicted molar refractivity (Wildman–Crippen MR) is 128 cm³/mol. The molecule has 3 amide bonds. The summed E-state index contributed by atoms with van der Waals surface area (Å²) in [5, 5.41) is 6.45. The largest absolute Gasteiger partial charge is 0.324 e. The van der Waals surface area contributed by atoms with Crippen LogP contribution in [0.15, 0.2) is 84.9 Å². The molecule has 170 valence electrons. The van der Waals surface area contributed by atoms with Gasteiger partial charge >= 0.3 is 0 Å². The van der Waals surface area contributed by atoms with E-state index < -0.39 is 17.4 Å². The van der Waals surface area contributed by atoms with Crippen molar-refractivity contribution in [3.63, 3.8) is 0 Å². The van der Waals surface area contributed by atoms with Gasteiger partial charge in [-0.25, -0.2) is 0 Å². The molecule has 4 atom stereocenters. The Bertz CT molecular complexity index is 1280. The first-order valence-electron chi connectivity index (χ1n) is 11.7. The highest BCUT2D eigenvalue weighted by Crippen LogP contribution is 2.53. The summed E-state index contributed by atoms with van der Waals surface area (Å²) >= 11 is 0. The lowest BCUT2D eigenvalue weighted by Gasteiger charge is -2.29. The number of nitrogens with zero attached hydrogens (tertiary/aromatic N) is 1. The molecule has 6 heteroatoms. The molecule has 3 aliphatic rings. The van der Waals surface area contributed by atoms with Gasteiger partial charge in [0.15, 0.2) is 0 Å². The number of likely N-dealkylation sites (tertiary alicyclic amines) is 1. The SMILES string of the molecule is O=C1[C@@H]2[C@H](Cc3ccccc3)N[C@]3(C(=O)Nc4ccccc43)[C@@H]2C(=O)N1CCc1ccccc1. The van der Waals surface area contributed by atoms with Gasteiger partial charge in [-0.3, -0.25) is 24.6 Å². The maximum absolute atomic E-state index is 13.8. The highest BCUT2D eigenvalue weighted by atomic mass is 16.2. The Morgan fingerprint density at radius 2 is 1.41 bits per heavy atom. The van der Waals surface area contributed by atoms with Crippen molar-refractivity contribution in [1.29, 1.82) is 0 Å². The van der Waals surface area contributed by atoms with Crippen LogP contribution in [0.2, 0.25) is 0 Å². The topological polar surface area (TPSA) is 78.5 Å². The van der Waals surface area contributed by atoms with Crippen LogP contribution in [0.5, 0.6) is 0 Å². The zero-order valence-electron chi connectivity index (χ0n) is 18.6. The second-order valence-electron chi connectivity index (χ2n) is 9.32. The maximum Gasteiger partial charge on any atom is 0.250 e. The van der Waals surface area contributed by atoms with Gasteiger partial charge in [0.25, 0.3) is 0 Å². The van der Waals surface area contributed by atoms with E-state index >= 15 is 0 Å². The standard InChI is InChI=1S/C28H25N3O3/c32-25-23-22(17-19-11-5-2-6-12-19)30-28(20-13-7-8-14-21(20)29-27(28)34)24(23)26(33)31(25)16-15-18-9-3-1-4-10-18/h1-14,22-24,30H,15-17H2,(H,29,34)/t22-,23+,24-,28-/m0/s1. The predicted octanol–water partition coefficient (Wildman–Crippen LogP) is 2.89. The first-order chi connectivity index (χ1) is 16.6. The number of carbonyl (C=O) groups excluding carboxylic acids is 3. The average molecular weight is 452 g/mol. The zero-order chi connectivity index (χ0) is 23.3. The Hall–Kier alpha value is -3.77. The van der Waals surface area contributed by atoms with Crippen LogP contribution in [-0.4, -0.2) is 35.2 Å². The summed E-state index contributed by atoms with van der Waals surface area (Å²) in [6.07, 6.45) is 1.15. The van der Waals surface area contributed by atoms with Gasteiger partial charge in [0.2, 0.25) is 17.7 Å². The molecule has 2 fully saturated rings. The van der Waals surface area contributed by atoms with Crippen LogP contribution in [-0.2, 0) is 32.8 Å². The van der Waals surface area contributed by atoms with E-state index in [9.17, 15) is 14.4 Å². The summed E-state index contributed by atoms with van der Waals surface area (Å²) in [5.41, 5.74) is 2.33. The molecule has 1 spiro atoms. The number of para-hydroxylation sites is 1. The first-order valence-corrected chi connectivity index (χ1v) is 11.7. The minimum absolute atomic E-state index is 0.187. The van der Waals surface area contributed by atoms with Crippen LogP contribution in [0.3, 0.4) is 0 Å². The molecule has 0 radical (unpaired) electrons. The van der Waals surface area contributed by atoms with Gasteiger partial charge < -0.3 is 5.32 Å². The van der Waals surface area contributed by atoms with Crippen LogP contribution < -0.4 is 10.6 Å². The normalized spacial score (nSPS) is 27.2. The van der Waals surface area contributed by atoms with E-state index in [2.05, 4.69) is 10.6 Å². The number of hydrogen-bond donors (Lipinski definition) is 2. The molecule has 6 rings (SSSR count). The quantitative estimate of drug-likeness (QED) is 0.585. The van der Waals surface area contributed by atoms with Crippen LogP contribution in [0.25, 0.3) is 0 Å². The fraction of sp³-hybridized carbons (Fsp3) is 0.250. The van der Waals surface area contributed by atoms with Crippen LogP contribution in [0.4, 0.5) is 5.69 Å². The Morgan fingerprint density at radius 1 is 0.765 bits per heavy atom. The maximum atomic E-state index is 13.8. The molecule has 2 saturated heterocycles. The number of anilines is 1. The molecular formula is C28H25N3O3. The van der Waals surface area contributed by atoms with Crippen molar-refractivity contribution in [3.05, 3.63) is 102 Å². The molecule has 2 N–H and O–H groups in total. The number of hydrogen-bond acceptors (Lipinski definition) is 4. The zero-order valence-corrected chi connectivity index (χ0v) is 18.6. The van der Waals surface area contributed by atoms with Gasteiger partial charge in [-0.1, -0.05) is 78.9 Å². The van der Waals surface area contributed by atoms with E-state index in [4.69, 9.17) is 0 Å². The smallest absolute Gasteiger partial charge is 0.250 e. The Labute approximate surface area is 198 Å². The fourth-order valence-electron chi connectivity index (χ4n) is 5.97. The molecule has 0 aliphatic carbocycles. The van der Waals surface area contributed by atoms with E-state index in [1.54, 1.807) is 0 Å². The van der Waals surface area contributed by atoms with Gasteiger partial charge in [-0.15, -0.1) is 0 Å². The lowest BCUT2D eigenvalue weighted by Crippen LogP contribution is -2.53. The fourth-order valence-corrected chi connectivity index (χ4v) is 5.97. The summed E-state index contributed by atoms with van der Waals surface area (Å²) in [5.74, 6) is -2.08. The van der Waals surface area contributed by atoms with E-state index in [0.29, 0.717) is 25.1 Å². The van der Waals surface area contributed by atoms with E-state index in [1.807, 2.05) is 84.9 Å². The van der Waals surface area contributed by atoms with E-state index in [1.165, 1.54) is 4.90 Å². The second kappa shape index (κ2) is 7.92. The summed E-state index contributed by atoms with van der Waals surface area (Å²) in [6, 6.07) is 26.9. The molecule has 3 heterocycles. The van der Waals surface area contributed by atoms with Crippen molar-refractivity contribution < 1.29 is 14.4 Å². The first kappa shape index (κ1) is 20.8. The third-order valence-corrected chi connectivity index (χ3v) is 7.48. The molecule has 6 nitrogen and oxygen atoms in total. The number of imide groups is 1. The third-order valence-electron chi connectivity index (χ3n) is 7.48. The lowest BCUT2D eigenvalue weighted by atomic mass is 9.76.